The summed E-state index contributed by atoms with van der Waals surface area (Å²) >= 11 is 0. The standard InChI is InChI=1S/C9H11FN2/c10-7-1-2-9-8(3-7)6(4-11)5-12-9/h1-3,6,12H,4-5,11H2. The average molecular weight is 166 g/mol. The van der Waals surface area contributed by atoms with E-state index in [-0.39, 0.29) is 11.7 Å². The van der Waals surface area contributed by atoms with Crippen molar-refractivity contribution < 1.29 is 4.39 Å². The lowest BCUT2D eigenvalue weighted by Gasteiger charge is -2.04. The van der Waals surface area contributed by atoms with E-state index in [1.54, 1.807) is 12.1 Å². The molecule has 0 spiro atoms. The van der Waals surface area contributed by atoms with Crippen LogP contribution in [0.25, 0.3) is 0 Å². The Bertz CT molecular complexity index is 299. The van der Waals surface area contributed by atoms with E-state index in [1.807, 2.05) is 0 Å². The maximum atomic E-state index is 12.8. The van der Waals surface area contributed by atoms with Crippen molar-refractivity contribution >= 4 is 5.69 Å². The van der Waals surface area contributed by atoms with Crippen LogP contribution in [-0.2, 0) is 0 Å². The minimum absolute atomic E-state index is 0.184. The van der Waals surface area contributed by atoms with E-state index in [0.29, 0.717) is 6.54 Å². The number of nitrogens with two attached hydrogens (primary N) is 1. The Morgan fingerprint density at radius 1 is 1.58 bits per heavy atom. The van der Waals surface area contributed by atoms with E-state index in [4.69, 9.17) is 5.73 Å². The molecule has 1 aliphatic heterocycles. The van der Waals surface area contributed by atoms with E-state index in [2.05, 4.69) is 5.32 Å². The molecule has 64 valence electrons. The Kier molecular flexibility index (Phi) is 1.73. The second-order valence-corrected chi connectivity index (χ2v) is 3.05. The van der Waals surface area contributed by atoms with Crippen LogP contribution in [0.15, 0.2) is 18.2 Å². The van der Waals surface area contributed by atoms with Crippen molar-refractivity contribution in [3.63, 3.8) is 0 Å². The molecule has 12 heavy (non-hydrogen) atoms. The van der Waals surface area contributed by atoms with E-state index < -0.39 is 0 Å². The number of hydrogen-bond donors (Lipinski definition) is 2. The molecule has 2 rings (SSSR count). The highest BCUT2D eigenvalue weighted by atomic mass is 19.1. The number of fused-ring (bicyclic) bond motifs is 1. The predicted octanol–water partition coefficient (Wildman–Crippen LogP) is 1.29. The van der Waals surface area contributed by atoms with Crippen molar-refractivity contribution in [2.24, 2.45) is 5.73 Å². The zero-order chi connectivity index (χ0) is 8.55. The van der Waals surface area contributed by atoms with Crippen molar-refractivity contribution in [2.45, 2.75) is 5.92 Å². The maximum Gasteiger partial charge on any atom is 0.123 e. The highest BCUT2D eigenvalue weighted by Crippen LogP contribution is 2.30. The topological polar surface area (TPSA) is 38.0 Å². The van der Waals surface area contributed by atoms with E-state index in [1.165, 1.54) is 6.07 Å². The summed E-state index contributed by atoms with van der Waals surface area (Å²) in [6, 6.07) is 4.79. The first kappa shape index (κ1) is 7.55. The van der Waals surface area contributed by atoms with Crippen molar-refractivity contribution in [2.75, 3.05) is 18.4 Å². The third-order valence-corrected chi connectivity index (χ3v) is 2.28. The van der Waals surface area contributed by atoms with Gasteiger partial charge in [0.05, 0.1) is 0 Å². The summed E-state index contributed by atoms with van der Waals surface area (Å²) in [5, 5.41) is 3.18. The molecule has 1 heterocycles. The highest BCUT2D eigenvalue weighted by Gasteiger charge is 2.20. The van der Waals surface area contributed by atoms with Gasteiger partial charge in [-0.05, 0) is 23.8 Å². The molecule has 0 bridgehead atoms. The smallest absolute Gasteiger partial charge is 0.123 e. The molecule has 0 radical (unpaired) electrons. The zero-order valence-electron chi connectivity index (χ0n) is 6.68. The lowest BCUT2D eigenvalue weighted by Crippen LogP contribution is -2.13. The average Bonchev–Trinajstić information content (AvgIpc) is 2.46. The SMILES string of the molecule is NCC1CNc2ccc(F)cc21. The molecule has 0 amide bonds. The molecule has 0 saturated heterocycles. The van der Waals surface area contributed by atoms with Gasteiger partial charge in [0.1, 0.15) is 5.82 Å². The minimum Gasteiger partial charge on any atom is -0.384 e. The van der Waals surface area contributed by atoms with Crippen LogP contribution in [-0.4, -0.2) is 13.1 Å². The van der Waals surface area contributed by atoms with Crippen molar-refractivity contribution in [1.29, 1.82) is 0 Å². The van der Waals surface area contributed by atoms with Gasteiger partial charge in [-0.15, -0.1) is 0 Å². The maximum absolute atomic E-state index is 12.8. The molecule has 1 unspecified atom stereocenters. The minimum atomic E-state index is -0.184. The molecule has 1 aromatic rings. The van der Waals surface area contributed by atoms with Crippen LogP contribution in [0.5, 0.6) is 0 Å². The van der Waals surface area contributed by atoms with Gasteiger partial charge in [0.25, 0.3) is 0 Å². The largest absolute Gasteiger partial charge is 0.384 e. The van der Waals surface area contributed by atoms with Gasteiger partial charge in [0, 0.05) is 24.7 Å². The zero-order valence-corrected chi connectivity index (χ0v) is 6.68. The quantitative estimate of drug-likeness (QED) is 0.659. The molecular formula is C9H11FN2. The molecule has 0 aliphatic carbocycles. The molecule has 1 aromatic carbocycles. The second-order valence-electron chi connectivity index (χ2n) is 3.05. The van der Waals surface area contributed by atoms with Crippen LogP contribution in [0, 0.1) is 5.82 Å². The number of halogens is 1. The fourth-order valence-electron chi connectivity index (χ4n) is 1.59. The Morgan fingerprint density at radius 2 is 2.42 bits per heavy atom. The summed E-state index contributed by atoms with van der Waals surface area (Å²) in [6.45, 7) is 1.40. The molecule has 0 aromatic heterocycles. The highest BCUT2D eigenvalue weighted by molar-refractivity contribution is 5.57. The number of rotatable bonds is 1. The van der Waals surface area contributed by atoms with Gasteiger partial charge >= 0.3 is 0 Å². The first-order chi connectivity index (χ1) is 5.81. The van der Waals surface area contributed by atoms with Crippen molar-refractivity contribution in [1.82, 2.24) is 0 Å². The summed E-state index contributed by atoms with van der Waals surface area (Å²) in [5.41, 5.74) is 7.57. The predicted molar refractivity (Wildman–Crippen MR) is 46.7 cm³/mol. The molecular weight excluding hydrogens is 155 g/mol. The first-order valence-electron chi connectivity index (χ1n) is 4.04. The van der Waals surface area contributed by atoms with Crippen LogP contribution in [0.3, 0.4) is 0 Å². The third kappa shape index (κ3) is 1.06. The van der Waals surface area contributed by atoms with Crippen LogP contribution in [0.1, 0.15) is 11.5 Å². The van der Waals surface area contributed by atoms with Gasteiger partial charge < -0.3 is 11.1 Å². The molecule has 1 atom stereocenters. The van der Waals surface area contributed by atoms with Crippen molar-refractivity contribution in [3.05, 3.63) is 29.6 Å². The molecule has 0 saturated carbocycles. The molecule has 3 heteroatoms. The van der Waals surface area contributed by atoms with Crippen LogP contribution >= 0.6 is 0 Å². The van der Waals surface area contributed by atoms with Crippen molar-refractivity contribution in [3.8, 4) is 0 Å². The fraction of sp³-hybridized carbons (Fsp3) is 0.333. The lowest BCUT2D eigenvalue weighted by atomic mass is 10.0. The van der Waals surface area contributed by atoms with E-state index in [9.17, 15) is 4.39 Å². The van der Waals surface area contributed by atoms with Gasteiger partial charge in [-0.1, -0.05) is 0 Å². The third-order valence-electron chi connectivity index (χ3n) is 2.28. The van der Waals surface area contributed by atoms with Crippen LogP contribution in [0.4, 0.5) is 10.1 Å². The fourth-order valence-corrected chi connectivity index (χ4v) is 1.59. The normalized spacial score (nSPS) is 20.3. The van der Waals surface area contributed by atoms with Crippen LogP contribution < -0.4 is 11.1 Å². The Hall–Kier alpha value is -1.09. The monoisotopic (exact) mass is 166 g/mol. The van der Waals surface area contributed by atoms with Gasteiger partial charge in [-0.25, -0.2) is 4.39 Å². The first-order valence-corrected chi connectivity index (χ1v) is 4.04. The summed E-state index contributed by atoms with van der Waals surface area (Å²) in [5.74, 6) is 0.0894. The number of hydrogen-bond acceptors (Lipinski definition) is 2. The van der Waals surface area contributed by atoms with Gasteiger partial charge in [0.2, 0.25) is 0 Å². The number of nitrogens with one attached hydrogen (secondary N) is 1. The molecule has 1 aliphatic rings. The summed E-state index contributed by atoms with van der Waals surface area (Å²) < 4.78 is 12.8. The Morgan fingerprint density at radius 3 is 3.17 bits per heavy atom. The summed E-state index contributed by atoms with van der Waals surface area (Å²) in [6.07, 6.45) is 0. The number of anilines is 1. The summed E-state index contributed by atoms with van der Waals surface area (Å²) in [7, 11) is 0. The molecule has 3 N–H and O–H groups in total. The van der Waals surface area contributed by atoms with Gasteiger partial charge in [0.15, 0.2) is 0 Å². The lowest BCUT2D eigenvalue weighted by molar-refractivity contribution is 0.623. The Balaban J connectivity index is 2.42. The van der Waals surface area contributed by atoms with E-state index >= 15 is 0 Å². The van der Waals surface area contributed by atoms with Gasteiger partial charge in [-0.2, -0.15) is 0 Å². The Labute approximate surface area is 70.6 Å². The molecule has 0 fully saturated rings. The number of benzene rings is 1. The van der Waals surface area contributed by atoms with Crippen LogP contribution in [0.2, 0.25) is 0 Å². The molecule has 2 nitrogen and oxygen atoms in total. The van der Waals surface area contributed by atoms with E-state index in [0.717, 1.165) is 17.8 Å². The van der Waals surface area contributed by atoms with Gasteiger partial charge in [-0.3, -0.25) is 0 Å². The summed E-state index contributed by atoms with van der Waals surface area (Å²) in [4.78, 5) is 0. The second kappa shape index (κ2) is 2.75.